The zero-order valence-corrected chi connectivity index (χ0v) is 11.7. The average Bonchev–Trinajstić information content (AvgIpc) is 2.83. The van der Waals surface area contributed by atoms with Crippen molar-refractivity contribution in [1.82, 2.24) is 5.48 Å². The molecule has 3 N–H and O–H groups in total. The van der Waals surface area contributed by atoms with Crippen LogP contribution in [0.3, 0.4) is 0 Å². The number of alkyl halides is 3. The highest BCUT2D eigenvalue weighted by Gasteiger charge is 2.62. The molecule has 0 saturated carbocycles. The molecule has 1 atom stereocenters. The molecule has 1 amide bonds. The Kier molecular flexibility index (Phi) is 3.86. The lowest BCUT2D eigenvalue weighted by Gasteiger charge is -2.29. The number of hydrogen-bond acceptors (Lipinski definition) is 4. The quantitative estimate of drug-likeness (QED) is 0.838. The lowest BCUT2D eigenvalue weighted by Crippen LogP contribution is -2.49. The smallest absolute Gasteiger partial charge is 0.366 e. The minimum absolute atomic E-state index is 0.00859. The van der Waals surface area contributed by atoms with Gasteiger partial charge >= 0.3 is 6.18 Å². The summed E-state index contributed by atoms with van der Waals surface area (Å²) in [6.07, 6.45) is -4.75. The predicted molar refractivity (Wildman–Crippen MR) is 69.3 cm³/mol. The second-order valence-electron chi connectivity index (χ2n) is 5.07. The van der Waals surface area contributed by atoms with Crippen LogP contribution in [-0.4, -0.2) is 23.6 Å². The first-order valence-electron chi connectivity index (χ1n) is 6.29. The maximum absolute atomic E-state index is 13.7. The van der Waals surface area contributed by atoms with Gasteiger partial charge in [0.05, 0.1) is 5.56 Å². The van der Waals surface area contributed by atoms with Crippen molar-refractivity contribution in [3.63, 3.8) is 0 Å². The zero-order chi connectivity index (χ0) is 16.7. The fourth-order valence-electron chi connectivity index (χ4n) is 2.02. The van der Waals surface area contributed by atoms with Crippen molar-refractivity contribution in [3.05, 3.63) is 35.1 Å². The molecule has 22 heavy (non-hydrogen) atoms. The Morgan fingerprint density at radius 1 is 1.41 bits per heavy atom. The minimum Gasteiger partial charge on any atom is -0.366 e. The molecule has 1 aliphatic heterocycles. The summed E-state index contributed by atoms with van der Waals surface area (Å²) in [5.41, 5.74) is 3.93. The number of nitrogens with zero attached hydrogens (tertiary/aromatic N) is 1. The third-order valence-corrected chi connectivity index (χ3v) is 3.28. The highest BCUT2D eigenvalue weighted by molar-refractivity contribution is 6.00. The highest BCUT2D eigenvalue weighted by atomic mass is 19.4. The Hall–Kier alpha value is -2.16. The molecule has 1 aliphatic rings. The number of hydroxylamine groups is 1. The fraction of sp³-hybridized carbons (Fsp3) is 0.385. The standard InChI is InChI=1S/C13H13F4N3O2/c1-6(2)12(13(15,16)17)19-11(20-22-12)7-3-4-8(10(18)21)9(14)5-7/h3-6H,1-2H3,(H2,18,21)(H,19,20). The van der Waals surface area contributed by atoms with Crippen molar-refractivity contribution in [2.24, 2.45) is 16.6 Å². The summed E-state index contributed by atoms with van der Waals surface area (Å²) in [5, 5.41) is 0. The van der Waals surface area contributed by atoms with Crippen LogP contribution in [0.4, 0.5) is 17.6 Å². The molecular weight excluding hydrogens is 306 g/mol. The van der Waals surface area contributed by atoms with Gasteiger partial charge in [0.2, 0.25) is 0 Å². The maximum Gasteiger partial charge on any atom is 0.441 e. The van der Waals surface area contributed by atoms with E-state index in [-0.39, 0.29) is 17.0 Å². The van der Waals surface area contributed by atoms with E-state index in [1.807, 2.05) is 0 Å². The molecule has 0 fully saturated rings. The number of carbonyl (C=O) groups is 1. The third kappa shape index (κ3) is 2.52. The van der Waals surface area contributed by atoms with Crippen LogP contribution in [0.5, 0.6) is 0 Å². The van der Waals surface area contributed by atoms with Crippen LogP contribution < -0.4 is 11.2 Å². The highest BCUT2D eigenvalue weighted by Crippen LogP contribution is 2.42. The molecule has 0 spiro atoms. The number of amidine groups is 1. The number of benzene rings is 1. The van der Waals surface area contributed by atoms with Gasteiger partial charge in [-0.15, -0.1) is 0 Å². The van der Waals surface area contributed by atoms with E-state index in [9.17, 15) is 22.4 Å². The second-order valence-corrected chi connectivity index (χ2v) is 5.07. The molecule has 120 valence electrons. The number of halogens is 4. The molecule has 0 aromatic heterocycles. The van der Waals surface area contributed by atoms with E-state index in [0.717, 1.165) is 12.1 Å². The van der Waals surface area contributed by atoms with Crippen molar-refractivity contribution >= 4 is 11.7 Å². The van der Waals surface area contributed by atoms with Crippen LogP contribution in [0.15, 0.2) is 23.2 Å². The van der Waals surface area contributed by atoms with Crippen LogP contribution in [0.1, 0.15) is 29.8 Å². The van der Waals surface area contributed by atoms with Crippen molar-refractivity contribution in [2.45, 2.75) is 25.7 Å². The molecule has 1 unspecified atom stereocenters. The second kappa shape index (κ2) is 5.24. The first-order chi connectivity index (χ1) is 10.1. The number of carbonyl (C=O) groups excluding carboxylic acids is 1. The number of rotatable bonds is 3. The van der Waals surface area contributed by atoms with Gasteiger partial charge in [0.1, 0.15) is 5.82 Å². The Morgan fingerprint density at radius 3 is 2.45 bits per heavy atom. The Balaban J connectivity index is 2.45. The van der Waals surface area contributed by atoms with E-state index in [1.165, 1.54) is 19.9 Å². The van der Waals surface area contributed by atoms with Crippen LogP contribution in [-0.2, 0) is 4.84 Å². The zero-order valence-electron chi connectivity index (χ0n) is 11.7. The summed E-state index contributed by atoms with van der Waals surface area (Å²) in [6.45, 7) is 2.61. The monoisotopic (exact) mass is 319 g/mol. The van der Waals surface area contributed by atoms with Crippen LogP contribution in [0.25, 0.3) is 0 Å². The first kappa shape index (κ1) is 16.2. The van der Waals surface area contributed by atoms with Gasteiger partial charge in [0.25, 0.3) is 11.6 Å². The molecule has 2 rings (SSSR count). The molecule has 0 bridgehead atoms. The van der Waals surface area contributed by atoms with Crippen LogP contribution >= 0.6 is 0 Å². The van der Waals surface area contributed by atoms with E-state index >= 15 is 0 Å². The summed E-state index contributed by atoms with van der Waals surface area (Å²) < 4.78 is 53.3. The molecule has 5 nitrogen and oxygen atoms in total. The number of nitrogens with one attached hydrogen (secondary N) is 1. The molecule has 1 heterocycles. The molecule has 0 aliphatic carbocycles. The number of hydrogen-bond donors (Lipinski definition) is 2. The largest absolute Gasteiger partial charge is 0.441 e. The number of amides is 1. The van der Waals surface area contributed by atoms with E-state index in [0.29, 0.717) is 0 Å². The molecule has 1 aromatic carbocycles. The van der Waals surface area contributed by atoms with Gasteiger partial charge in [-0.25, -0.2) is 19.7 Å². The van der Waals surface area contributed by atoms with Crippen molar-refractivity contribution in [2.75, 3.05) is 0 Å². The number of nitrogens with two attached hydrogens (primary N) is 1. The van der Waals surface area contributed by atoms with Gasteiger partial charge in [0, 0.05) is 11.5 Å². The molecular formula is C13H13F4N3O2. The van der Waals surface area contributed by atoms with E-state index in [1.54, 1.807) is 0 Å². The molecule has 1 aromatic rings. The predicted octanol–water partition coefficient (Wildman–Crippen LogP) is 2.12. The Morgan fingerprint density at radius 2 is 2.05 bits per heavy atom. The number of primary amides is 1. The summed E-state index contributed by atoms with van der Waals surface area (Å²) in [4.78, 5) is 19.2. The van der Waals surface area contributed by atoms with Crippen LogP contribution in [0, 0.1) is 11.7 Å². The Bertz CT molecular complexity index is 643. The van der Waals surface area contributed by atoms with Crippen molar-refractivity contribution in [3.8, 4) is 0 Å². The van der Waals surface area contributed by atoms with Gasteiger partial charge in [-0.1, -0.05) is 19.9 Å². The van der Waals surface area contributed by atoms with Gasteiger partial charge in [-0.2, -0.15) is 13.2 Å². The van der Waals surface area contributed by atoms with Crippen LogP contribution in [0.2, 0.25) is 0 Å². The average molecular weight is 319 g/mol. The third-order valence-electron chi connectivity index (χ3n) is 3.28. The van der Waals surface area contributed by atoms with Gasteiger partial charge in [-0.3, -0.25) is 4.79 Å². The minimum atomic E-state index is -4.75. The summed E-state index contributed by atoms with van der Waals surface area (Å²) >= 11 is 0. The topological polar surface area (TPSA) is 76.7 Å². The van der Waals surface area contributed by atoms with Gasteiger partial charge < -0.3 is 5.73 Å². The van der Waals surface area contributed by atoms with E-state index in [4.69, 9.17) is 5.73 Å². The SMILES string of the molecule is CC(C)C1(C(F)(F)F)N=C(c2ccc(C(N)=O)c(F)c2)NO1. The normalized spacial score (nSPS) is 21.7. The maximum atomic E-state index is 13.7. The number of aliphatic imine (C=N–C) groups is 1. The fourth-order valence-corrected chi connectivity index (χ4v) is 2.02. The van der Waals surface area contributed by atoms with E-state index < -0.39 is 29.5 Å². The summed E-state index contributed by atoms with van der Waals surface area (Å²) in [7, 11) is 0. The molecule has 0 radical (unpaired) electrons. The molecule has 9 heteroatoms. The summed E-state index contributed by atoms with van der Waals surface area (Å²) in [5.74, 6) is -3.22. The van der Waals surface area contributed by atoms with Gasteiger partial charge in [-0.05, 0) is 12.1 Å². The Labute approximate surface area is 123 Å². The van der Waals surface area contributed by atoms with E-state index in [2.05, 4.69) is 15.3 Å². The van der Waals surface area contributed by atoms with Crippen molar-refractivity contribution in [1.29, 1.82) is 0 Å². The first-order valence-corrected chi connectivity index (χ1v) is 6.29. The van der Waals surface area contributed by atoms with Crippen molar-refractivity contribution < 1.29 is 27.2 Å². The lowest BCUT2D eigenvalue weighted by molar-refractivity contribution is -0.293. The summed E-state index contributed by atoms with van der Waals surface area (Å²) in [6, 6.07) is 3.16. The lowest BCUT2D eigenvalue weighted by atomic mass is 9.99. The molecule has 0 saturated heterocycles. The van der Waals surface area contributed by atoms with Gasteiger partial charge in [0.15, 0.2) is 5.84 Å².